The fourth-order valence-corrected chi connectivity index (χ4v) is 4.48. The van der Waals surface area contributed by atoms with Crippen LogP contribution in [0.1, 0.15) is 35.3 Å². The van der Waals surface area contributed by atoms with E-state index in [2.05, 4.69) is 34.2 Å². The zero-order valence-electron chi connectivity index (χ0n) is 20.2. The Morgan fingerprint density at radius 1 is 0.556 bits per heavy atom. The predicted molar refractivity (Wildman–Crippen MR) is 147 cm³/mol. The van der Waals surface area contributed by atoms with E-state index in [1.807, 2.05) is 98.8 Å². The summed E-state index contributed by atoms with van der Waals surface area (Å²) in [6, 6.07) is 36.0. The number of hydrogen-bond donors (Lipinski definition) is 2. The van der Waals surface area contributed by atoms with Gasteiger partial charge in [-0.25, -0.2) is 4.99 Å². The number of fused-ring (bicyclic) bond motifs is 1. The van der Waals surface area contributed by atoms with Crippen molar-refractivity contribution in [2.24, 2.45) is 4.99 Å². The minimum absolute atomic E-state index is 0.0473. The minimum Gasteiger partial charge on any atom is -0.494 e. The van der Waals surface area contributed by atoms with E-state index in [1.165, 1.54) is 0 Å². The first-order chi connectivity index (χ1) is 17.7. The van der Waals surface area contributed by atoms with Crippen LogP contribution in [0.15, 0.2) is 114 Å². The van der Waals surface area contributed by atoms with Crippen LogP contribution in [0.3, 0.4) is 0 Å². The zero-order chi connectivity index (χ0) is 25.1. The Bertz CT molecular complexity index is 1530. The Hall–Kier alpha value is -4.70. The first-order valence-corrected chi connectivity index (χ1v) is 12.1. The van der Waals surface area contributed by atoms with Crippen LogP contribution in [0.2, 0.25) is 0 Å². The molecule has 1 aromatic heterocycles. The van der Waals surface area contributed by atoms with Crippen LogP contribution in [0.4, 0.5) is 0 Å². The lowest BCUT2D eigenvalue weighted by atomic mass is 9.97. The summed E-state index contributed by atoms with van der Waals surface area (Å²) in [5, 5.41) is 10.7. The number of rotatable bonds is 4. The molecule has 0 unspecified atom stereocenters. The lowest BCUT2D eigenvalue weighted by Crippen LogP contribution is -1.99. The van der Waals surface area contributed by atoms with Gasteiger partial charge in [-0.3, -0.25) is 4.79 Å². The molecule has 36 heavy (non-hydrogen) atoms. The van der Waals surface area contributed by atoms with Gasteiger partial charge in [-0.1, -0.05) is 123 Å². The van der Waals surface area contributed by atoms with Gasteiger partial charge in [0.25, 0.3) is 5.91 Å². The second-order valence-corrected chi connectivity index (χ2v) is 8.25. The molecule has 5 aromatic rings. The molecule has 0 saturated heterocycles. The number of aromatic nitrogens is 1. The van der Waals surface area contributed by atoms with Crippen LogP contribution in [-0.4, -0.2) is 21.7 Å². The Balaban J connectivity index is 0.00000130. The monoisotopic (exact) mass is 470 g/mol. The van der Waals surface area contributed by atoms with Crippen molar-refractivity contribution < 1.29 is 9.90 Å². The topological polar surface area (TPSA) is 65.4 Å². The highest BCUT2D eigenvalue weighted by atomic mass is 16.3. The summed E-state index contributed by atoms with van der Waals surface area (Å²) >= 11 is 0. The van der Waals surface area contributed by atoms with E-state index in [4.69, 9.17) is 0 Å². The van der Waals surface area contributed by atoms with Crippen LogP contribution in [0.25, 0.3) is 33.5 Å². The summed E-state index contributed by atoms with van der Waals surface area (Å²) in [5.74, 6) is -0.398. The number of carbonyl (C=O) groups is 1. The predicted octanol–water partition coefficient (Wildman–Crippen LogP) is 7.74. The van der Waals surface area contributed by atoms with Gasteiger partial charge in [0.1, 0.15) is 0 Å². The summed E-state index contributed by atoms with van der Waals surface area (Å²) < 4.78 is 0. The molecule has 0 spiro atoms. The molecule has 0 aliphatic carbocycles. The molecule has 2 N–H and O–H groups in total. The van der Waals surface area contributed by atoms with Crippen LogP contribution < -0.4 is 0 Å². The number of nitrogens with zero attached hydrogens (tertiary/aromatic N) is 1. The second-order valence-electron chi connectivity index (χ2n) is 8.25. The van der Waals surface area contributed by atoms with Gasteiger partial charge >= 0.3 is 0 Å². The van der Waals surface area contributed by atoms with Crippen molar-refractivity contribution in [1.29, 1.82) is 0 Å². The highest BCUT2D eigenvalue weighted by molar-refractivity contribution is 6.30. The third kappa shape index (κ3) is 4.14. The van der Waals surface area contributed by atoms with Crippen molar-refractivity contribution in [1.82, 2.24) is 4.98 Å². The average Bonchev–Trinajstić information content (AvgIpc) is 3.49. The van der Waals surface area contributed by atoms with E-state index in [0.29, 0.717) is 22.5 Å². The number of aromatic amines is 1. The first-order valence-electron chi connectivity index (χ1n) is 12.1. The molecule has 176 valence electrons. The standard InChI is InChI=1S/C30H20N2O2.C2H6/c33-29-25-26(28(32-29)24-17-13-22(14-18-24)20-9-5-2-6-10-20)30(34)31-27(25)23-15-11-21(12-16-23)19-7-3-1-4-8-19;1-2/h1-18,31,34H;1-2H3. The molecule has 0 radical (unpaired) electrons. The van der Waals surface area contributed by atoms with E-state index in [1.54, 1.807) is 0 Å². The summed E-state index contributed by atoms with van der Waals surface area (Å²) in [5.41, 5.74) is 7.93. The average molecular weight is 471 g/mol. The molecule has 4 aromatic carbocycles. The van der Waals surface area contributed by atoms with Crippen molar-refractivity contribution in [3.63, 3.8) is 0 Å². The SMILES string of the molecule is CC.O=C1N=C(c2ccc(-c3ccccc3)cc2)c2c(O)[nH]c(-c3ccc(-c4ccccc4)cc3)c21. The minimum atomic E-state index is -0.351. The van der Waals surface area contributed by atoms with Gasteiger partial charge in [0.15, 0.2) is 5.88 Å². The van der Waals surface area contributed by atoms with E-state index < -0.39 is 0 Å². The summed E-state index contributed by atoms with van der Waals surface area (Å²) in [6.07, 6.45) is 0. The van der Waals surface area contributed by atoms with E-state index in [9.17, 15) is 9.90 Å². The molecule has 4 nitrogen and oxygen atoms in total. The maximum Gasteiger partial charge on any atom is 0.280 e. The maximum absolute atomic E-state index is 12.9. The van der Waals surface area contributed by atoms with Crippen molar-refractivity contribution in [2.45, 2.75) is 13.8 Å². The van der Waals surface area contributed by atoms with Gasteiger partial charge in [-0.05, 0) is 27.8 Å². The van der Waals surface area contributed by atoms with Crippen molar-refractivity contribution >= 4 is 11.6 Å². The third-order valence-electron chi connectivity index (χ3n) is 6.19. The van der Waals surface area contributed by atoms with Gasteiger partial charge in [-0.2, -0.15) is 0 Å². The number of benzene rings is 4. The van der Waals surface area contributed by atoms with Crippen LogP contribution in [0.5, 0.6) is 5.88 Å². The number of hydrogen-bond acceptors (Lipinski definition) is 2. The van der Waals surface area contributed by atoms with Crippen LogP contribution in [-0.2, 0) is 0 Å². The third-order valence-corrected chi connectivity index (χ3v) is 6.19. The largest absolute Gasteiger partial charge is 0.494 e. The zero-order valence-corrected chi connectivity index (χ0v) is 20.2. The molecule has 0 bridgehead atoms. The molecule has 2 heterocycles. The number of aliphatic imine (C=N–C) groups is 1. The van der Waals surface area contributed by atoms with Crippen molar-refractivity contribution in [2.75, 3.05) is 0 Å². The fourth-order valence-electron chi connectivity index (χ4n) is 4.48. The number of nitrogens with one attached hydrogen (secondary N) is 1. The molecule has 1 aliphatic rings. The van der Waals surface area contributed by atoms with E-state index >= 15 is 0 Å². The first kappa shape index (κ1) is 23.1. The molecule has 1 amide bonds. The van der Waals surface area contributed by atoms with Gasteiger partial charge in [-0.15, -0.1) is 0 Å². The molecule has 0 atom stereocenters. The number of H-pyrrole nitrogens is 1. The Labute approximate surface area is 210 Å². The Morgan fingerprint density at radius 2 is 0.972 bits per heavy atom. The summed E-state index contributed by atoms with van der Waals surface area (Å²) in [6.45, 7) is 4.00. The highest BCUT2D eigenvalue weighted by Gasteiger charge is 2.33. The van der Waals surface area contributed by atoms with E-state index in [0.717, 1.165) is 33.4 Å². The molecule has 4 heteroatoms. The van der Waals surface area contributed by atoms with Gasteiger partial charge in [0.2, 0.25) is 0 Å². The number of carbonyl (C=O) groups excluding carboxylic acids is 1. The summed E-state index contributed by atoms with van der Waals surface area (Å²) in [7, 11) is 0. The van der Waals surface area contributed by atoms with Gasteiger partial charge in [0, 0.05) is 5.56 Å². The molecule has 0 saturated carbocycles. The lowest BCUT2D eigenvalue weighted by molar-refractivity contribution is 0.101. The molecular weight excluding hydrogens is 444 g/mol. The van der Waals surface area contributed by atoms with Crippen molar-refractivity contribution in [3.8, 4) is 39.4 Å². The molecule has 1 aliphatic heterocycles. The number of amides is 1. The quantitative estimate of drug-likeness (QED) is 0.282. The normalized spacial score (nSPS) is 11.9. The fraction of sp³-hybridized carbons (Fsp3) is 0.0625. The van der Waals surface area contributed by atoms with Crippen LogP contribution >= 0.6 is 0 Å². The Morgan fingerprint density at radius 3 is 1.47 bits per heavy atom. The smallest absolute Gasteiger partial charge is 0.280 e. The Kier molecular flexibility index (Phi) is 6.33. The van der Waals surface area contributed by atoms with Crippen LogP contribution in [0, 0.1) is 0 Å². The highest BCUT2D eigenvalue weighted by Crippen LogP contribution is 2.38. The summed E-state index contributed by atoms with van der Waals surface area (Å²) in [4.78, 5) is 20.2. The maximum atomic E-state index is 12.9. The lowest BCUT2D eigenvalue weighted by Gasteiger charge is -2.05. The van der Waals surface area contributed by atoms with Gasteiger partial charge in [0.05, 0.1) is 22.5 Å². The molecule has 6 rings (SSSR count). The van der Waals surface area contributed by atoms with Gasteiger partial charge < -0.3 is 10.1 Å². The second kappa shape index (κ2) is 9.88. The van der Waals surface area contributed by atoms with E-state index in [-0.39, 0.29) is 11.8 Å². The molecule has 0 fully saturated rings. The number of aromatic hydroxyl groups is 1. The van der Waals surface area contributed by atoms with Crippen molar-refractivity contribution in [3.05, 3.63) is 126 Å². The molecular formula is C32H26N2O2.